The number of oxime groups is 1. The Morgan fingerprint density at radius 3 is 2.56 bits per heavy atom. The number of alkyl halides is 2. The number of halogens is 2. The minimum atomic E-state index is -2.96. The van der Waals surface area contributed by atoms with Gasteiger partial charge in [-0.2, -0.15) is 8.78 Å². The highest BCUT2D eigenvalue weighted by atomic mass is 19.3. The maximum atomic E-state index is 12.3. The predicted molar refractivity (Wildman–Crippen MR) is 94.8 cm³/mol. The molecule has 7 nitrogen and oxygen atoms in total. The lowest BCUT2D eigenvalue weighted by molar-refractivity contribution is -0.120. The van der Waals surface area contributed by atoms with Gasteiger partial charge in [0, 0.05) is 5.56 Å². The number of hydrogen-bond donors (Lipinski definition) is 1. The number of benzene rings is 2. The van der Waals surface area contributed by atoms with Crippen LogP contribution in [0.2, 0.25) is 0 Å². The van der Waals surface area contributed by atoms with E-state index >= 15 is 0 Å². The summed E-state index contributed by atoms with van der Waals surface area (Å²) in [5.74, 6) is 0.123. The topological polar surface area (TPSA) is 78.4 Å². The van der Waals surface area contributed by atoms with Crippen molar-refractivity contribution in [2.45, 2.75) is 6.61 Å². The van der Waals surface area contributed by atoms with Crippen LogP contribution >= 0.6 is 0 Å². The number of anilines is 1. The van der Waals surface area contributed by atoms with Gasteiger partial charge in [0.05, 0.1) is 26.1 Å². The van der Waals surface area contributed by atoms with Gasteiger partial charge >= 0.3 is 6.61 Å². The van der Waals surface area contributed by atoms with Gasteiger partial charge in [-0.05, 0) is 30.3 Å². The lowest BCUT2D eigenvalue weighted by Gasteiger charge is -2.10. The van der Waals surface area contributed by atoms with Crippen LogP contribution in [0.4, 0.5) is 14.5 Å². The summed E-state index contributed by atoms with van der Waals surface area (Å²) in [5, 5.41) is 6.30. The molecule has 0 saturated carbocycles. The van der Waals surface area contributed by atoms with E-state index < -0.39 is 12.5 Å². The first-order valence-corrected chi connectivity index (χ1v) is 7.74. The van der Waals surface area contributed by atoms with Gasteiger partial charge in [0.1, 0.15) is 5.75 Å². The summed E-state index contributed by atoms with van der Waals surface area (Å²) in [6.07, 6.45) is 1.31. The number of carbonyl (C=O) groups excluding carboxylic acids is 1. The first-order valence-electron chi connectivity index (χ1n) is 7.74. The second-order valence-corrected chi connectivity index (χ2v) is 5.05. The number of methoxy groups -OCH3 is 2. The maximum absolute atomic E-state index is 12.3. The van der Waals surface area contributed by atoms with Gasteiger partial charge < -0.3 is 24.4 Å². The van der Waals surface area contributed by atoms with Gasteiger partial charge in [-0.15, -0.1) is 0 Å². The lowest BCUT2D eigenvalue weighted by atomic mass is 10.2. The number of amides is 1. The summed E-state index contributed by atoms with van der Waals surface area (Å²) in [6.45, 7) is -3.28. The van der Waals surface area contributed by atoms with Gasteiger partial charge in [-0.25, -0.2) is 0 Å². The van der Waals surface area contributed by atoms with Crippen molar-refractivity contribution in [1.29, 1.82) is 0 Å². The first-order chi connectivity index (χ1) is 13.0. The summed E-state index contributed by atoms with van der Waals surface area (Å²) >= 11 is 0. The van der Waals surface area contributed by atoms with Gasteiger partial charge in [0.15, 0.2) is 18.1 Å². The average Bonchev–Trinajstić information content (AvgIpc) is 2.66. The SMILES string of the molecule is COc1ccccc1NC(=O)CO/N=C/c1ccc(OC(F)F)c(OC)c1. The van der Waals surface area contributed by atoms with Crippen LogP contribution in [-0.2, 0) is 9.63 Å². The second kappa shape index (κ2) is 9.95. The summed E-state index contributed by atoms with van der Waals surface area (Å²) in [4.78, 5) is 16.8. The fraction of sp³-hybridized carbons (Fsp3) is 0.222. The largest absolute Gasteiger partial charge is 0.495 e. The maximum Gasteiger partial charge on any atom is 0.387 e. The molecule has 1 amide bonds. The van der Waals surface area contributed by atoms with E-state index in [1.54, 1.807) is 24.3 Å². The molecule has 0 heterocycles. The highest BCUT2D eigenvalue weighted by Gasteiger charge is 2.11. The molecular weight excluding hydrogens is 362 g/mol. The van der Waals surface area contributed by atoms with Crippen molar-refractivity contribution in [2.24, 2.45) is 5.16 Å². The highest BCUT2D eigenvalue weighted by Crippen LogP contribution is 2.29. The summed E-state index contributed by atoms with van der Waals surface area (Å²) in [6, 6.07) is 11.2. The first kappa shape index (κ1) is 20.0. The predicted octanol–water partition coefficient (Wildman–Crippen LogP) is 3.29. The molecular formula is C18H18F2N2O5. The van der Waals surface area contributed by atoms with Crippen LogP contribution in [0.1, 0.15) is 5.56 Å². The van der Waals surface area contributed by atoms with Gasteiger partial charge in [0.2, 0.25) is 0 Å². The zero-order valence-electron chi connectivity index (χ0n) is 14.6. The standard InChI is InChI=1S/C18H18F2N2O5/c1-24-14-6-4-3-5-13(14)22-17(23)11-26-21-10-12-7-8-15(27-18(19)20)16(9-12)25-2/h3-10,18H,11H2,1-2H3,(H,22,23)/b21-10+. The van der Waals surface area contributed by atoms with E-state index in [4.69, 9.17) is 14.3 Å². The quantitative estimate of drug-likeness (QED) is 0.534. The van der Waals surface area contributed by atoms with Crippen molar-refractivity contribution in [1.82, 2.24) is 0 Å². The molecule has 1 N–H and O–H groups in total. The minimum absolute atomic E-state index is 0.0956. The van der Waals surface area contributed by atoms with Crippen LogP contribution < -0.4 is 19.5 Å². The number of carbonyl (C=O) groups is 1. The number of para-hydroxylation sites is 2. The molecule has 0 saturated heterocycles. The molecule has 27 heavy (non-hydrogen) atoms. The Morgan fingerprint density at radius 1 is 1.11 bits per heavy atom. The van der Waals surface area contributed by atoms with Gasteiger partial charge in [-0.1, -0.05) is 17.3 Å². The Bertz CT molecular complexity index is 799. The molecule has 0 fully saturated rings. The normalized spacial score (nSPS) is 10.7. The van der Waals surface area contributed by atoms with Crippen molar-refractivity contribution >= 4 is 17.8 Å². The number of rotatable bonds is 9. The van der Waals surface area contributed by atoms with Crippen molar-refractivity contribution in [3.8, 4) is 17.2 Å². The fourth-order valence-electron chi connectivity index (χ4n) is 2.09. The monoisotopic (exact) mass is 380 g/mol. The molecule has 0 atom stereocenters. The van der Waals surface area contributed by atoms with E-state index in [0.717, 1.165) is 0 Å². The van der Waals surface area contributed by atoms with E-state index in [-0.39, 0.29) is 18.1 Å². The molecule has 2 aromatic carbocycles. The van der Waals surface area contributed by atoms with Crippen LogP contribution in [0.25, 0.3) is 0 Å². The number of ether oxygens (including phenoxy) is 3. The van der Waals surface area contributed by atoms with Crippen molar-refractivity contribution in [3.05, 3.63) is 48.0 Å². The summed E-state index contributed by atoms with van der Waals surface area (Å²) < 4.78 is 39.0. The molecule has 0 bridgehead atoms. The van der Waals surface area contributed by atoms with E-state index in [1.807, 2.05) is 0 Å². The van der Waals surface area contributed by atoms with Crippen molar-refractivity contribution in [2.75, 3.05) is 26.1 Å². The molecule has 9 heteroatoms. The minimum Gasteiger partial charge on any atom is -0.495 e. The molecule has 0 aromatic heterocycles. The van der Waals surface area contributed by atoms with Crippen molar-refractivity contribution in [3.63, 3.8) is 0 Å². The van der Waals surface area contributed by atoms with Crippen LogP contribution in [-0.4, -0.2) is 39.6 Å². The van der Waals surface area contributed by atoms with Gasteiger partial charge in [0.25, 0.3) is 5.91 Å². The third-order valence-corrected chi connectivity index (χ3v) is 3.26. The molecule has 2 aromatic rings. The number of nitrogens with zero attached hydrogens (tertiary/aromatic N) is 1. The Kier molecular flexibility index (Phi) is 7.36. The van der Waals surface area contributed by atoms with Gasteiger partial charge in [-0.3, -0.25) is 4.79 Å². The zero-order chi connectivity index (χ0) is 19.6. The zero-order valence-corrected chi connectivity index (χ0v) is 14.6. The molecule has 0 unspecified atom stereocenters. The Morgan fingerprint density at radius 2 is 1.85 bits per heavy atom. The highest BCUT2D eigenvalue weighted by molar-refractivity contribution is 5.93. The number of hydrogen-bond acceptors (Lipinski definition) is 6. The Labute approximate surface area is 154 Å². The fourth-order valence-corrected chi connectivity index (χ4v) is 2.09. The third-order valence-electron chi connectivity index (χ3n) is 3.26. The molecule has 0 aliphatic rings. The molecule has 0 aliphatic carbocycles. The van der Waals surface area contributed by atoms with Crippen LogP contribution in [0.15, 0.2) is 47.6 Å². The third kappa shape index (κ3) is 6.14. The van der Waals surface area contributed by atoms with E-state index in [2.05, 4.69) is 15.2 Å². The Hall–Kier alpha value is -3.36. The van der Waals surface area contributed by atoms with E-state index in [9.17, 15) is 13.6 Å². The summed E-state index contributed by atoms with van der Waals surface area (Å²) in [5.41, 5.74) is 1.02. The van der Waals surface area contributed by atoms with E-state index in [1.165, 1.54) is 38.6 Å². The summed E-state index contributed by atoms with van der Waals surface area (Å²) in [7, 11) is 2.82. The average molecular weight is 380 g/mol. The lowest BCUT2D eigenvalue weighted by Crippen LogP contribution is -2.17. The van der Waals surface area contributed by atoms with E-state index in [0.29, 0.717) is 17.0 Å². The second-order valence-electron chi connectivity index (χ2n) is 5.05. The molecule has 2 rings (SSSR count). The van der Waals surface area contributed by atoms with Crippen LogP contribution in [0.5, 0.6) is 17.2 Å². The van der Waals surface area contributed by atoms with Crippen molar-refractivity contribution < 1.29 is 32.6 Å². The van der Waals surface area contributed by atoms with Crippen LogP contribution in [0, 0.1) is 0 Å². The molecule has 0 radical (unpaired) electrons. The Balaban J connectivity index is 1.89. The molecule has 144 valence electrons. The van der Waals surface area contributed by atoms with Crippen LogP contribution in [0.3, 0.4) is 0 Å². The molecule has 0 spiro atoms. The molecule has 0 aliphatic heterocycles. The number of nitrogens with one attached hydrogen (secondary N) is 1. The smallest absolute Gasteiger partial charge is 0.387 e.